The molecule has 0 amide bonds. The van der Waals surface area contributed by atoms with Crippen LogP contribution in [0, 0.1) is 5.82 Å². The van der Waals surface area contributed by atoms with Gasteiger partial charge in [-0.3, -0.25) is 0 Å². The van der Waals surface area contributed by atoms with E-state index in [0.29, 0.717) is 24.3 Å². The van der Waals surface area contributed by atoms with E-state index in [0.717, 1.165) is 13.1 Å². The molecule has 6 nitrogen and oxygen atoms in total. The van der Waals surface area contributed by atoms with E-state index >= 15 is 0 Å². The van der Waals surface area contributed by atoms with Crippen LogP contribution in [0.5, 0.6) is 5.75 Å². The van der Waals surface area contributed by atoms with Gasteiger partial charge < -0.3 is 25.3 Å². The number of carbonyl (C=O) groups excluding carboxylic acids is 1. The number of cyclic esters (lactones) is 2. The Morgan fingerprint density at radius 2 is 2.19 bits per heavy atom. The molecule has 1 aliphatic heterocycles. The van der Waals surface area contributed by atoms with Crippen LogP contribution in [0.25, 0.3) is 0 Å². The Balaban J connectivity index is 0.000000445. The van der Waals surface area contributed by atoms with Crippen molar-refractivity contribution in [2.75, 3.05) is 26.3 Å². The summed E-state index contributed by atoms with van der Waals surface area (Å²) >= 11 is 0. The van der Waals surface area contributed by atoms with Gasteiger partial charge in [0.25, 0.3) is 0 Å². The summed E-state index contributed by atoms with van der Waals surface area (Å²) in [5.41, 5.74) is 6.60. The van der Waals surface area contributed by atoms with Gasteiger partial charge in [-0.1, -0.05) is 25.7 Å². The van der Waals surface area contributed by atoms with Crippen molar-refractivity contribution < 1.29 is 23.4 Å². The molecule has 0 spiro atoms. The molecule has 1 heterocycles. The molecule has 2 rings (SSSR count). The molecule has 150 valence electrons. The topological polar surface area (TPSA) is 82.8 Å². The third-order valence-corrected chi connectivity index (χ3v) is 3.58. The van der Waals surface area contributed by atoms with E-state index in [1.807, 2.05) is 6.08 Å². The number of ether oxygens (including phenoxy) is 3. The Kier molecular flexibility index (Phi) is 10.8. The predicted molar refractivity (Wildman–Crippen MR) is 103 cm³/mol. The Morgan fingerprint density at radius 1 is 1.41 bits per heavy atom. The maximum absolute atomic E-state index is 13.5. The fourth-order valence-corrected chi connectivity index (χ4v) is 2.31. The van der Waals surface area contributed by atoms with E-state index in [9.17, 15) is 9.18 Å². The predicted octanol–water partition coefficient (Wildman–Crippen LogP) is 2.97. The van der Waals surface area contributed by atoms with Crippen LogP contribution >= 0.6 is 0 Å². The highest BCUT2D eigenvalue weighted by Crippen LogP contribution is 2.19. The molecule has 1 fully saturated rings. The minimum atomic E-state index is -0.723. The number of benzene rings is 1. The lowest BCUT2D eigenvalue weighted by molar-refractivity contribution is 0.111. The monoisotopic (exact) mass is 380 g/mol. The van der Waals surface area contributed by atoms with E-state index in [-0.39, 0.29) is 6.61 Å². The van der Waals surface area contributed by atoms with Crippen LogP contribution < -0.4 is 15.8 Å². The lowest BCUT2D eigenvalue weighted by Crippen LogP contribution is -2.38. The highest BCUT2D eigenvalue weighted by molar-refractivity contribution is 5.62. The Hall–Kier alpha value is -2.38. The van der Waals surface area contributed by atoms with Gasteiger partial charge in [-0.25, -0.2) is 9.18 Å². The van der Waals surface area contributed by atoms with Crippen LogP contribution in [0.15, 0.2) is 43.5 Å². The maximum Gasteiger partial charge on any atom is 0.508 e. The van der Waals surface area contributed by atoms with Gasteiger partial charge in [0.05, 0.1) is 0 Å². The molecular weight excluding hydrogens is 351 g/mol. The summed E-state index contributed by atoms with van der Waals surface area (Å²) in [5.74, 6) is 0.000181. The van der Waals surface area contributed by atoms with Crippen LogP contribution in [-0.2, 0) is 15.9 Å². The van der Waals surface area contributed by atoms with Gasteiger partial charge in [-0.2, -0.15) is 0 Å². The second-order valence-corrected chi connectivity index (χ2v) is 5.97. The van der Waals surface area contributed by atoms with E-state index in [4.69, 9.17) is 15.2 Å². The van der Waals surface area contributed by atoms with Crippen molar-refractivity contribution >= 4 is 6.16 Å². The molecule has 0 aliphatic carbocycles. The fraction of sp³-hybridized carbons (Fsp3) is 0.450. The molecule has 2 unspecified atom stereocenters. The normalized spacial score (nSPS) is 16.4. The quantitative estimate of drug-likeness (QED) is 0.369. The smallest absolute Gasteiger partial charge is 0.489 e. The molecule has 1 aromatic carbocycles. The first-order valence-electron chi connectivity index (χ1n) is 8.93. The summed E-state index contributed by atoms with van der Waals surface area (Å²) < 4.78 is 28.3. The highest BCUT2D eigenvalue weighted by atomic mass is 19.1. The number of hydrogen-bond acceptors (Lipinski definition) is 6. The first-order valence-corrected chi connectivity index (χ1v) is 8.93. The number of rotatable bonds is 10. The van der Waals surface area contributed by atoms with Gasteiger partial charge in [0.15, 0.2) is 6.10 Å². The average molecular weight is 380 g/mol. The van der Waals surface area contributed by atoms with Gasteiger partial charge in [0, 0.05) is 18.7 Å². The first-order chi connectivity index (χ1) is 13.0. The van der Waals surface area contributed by atoms with Crippen molar-refractivity contribution in [2.45, 2.75) is 31.9 Å². The van der Waals surface area contributed by atoms with Crippen LogP contribution in [-0.4, -0.2) is 44.6 Å². The van der Waals surface area contributed by atoms with Gasteiger partial charge >= 0.3 is 6.16 Å². The second kappa shape index (κ2) is 12.9. The zero-order valence-electron chi connectivity index (χ0n) is 15.8. The van der Waals surface area contributed by atoms with Gasteiger partial charge in [-0.15, -0.1) is 6.58 Å². The first kappa shape index (κ1) is 22.7. The largest absolute Gasteiger partial charge is 0.508 e. The lowest BCUT2D eigenvalue weighted by Gasteiger charge is -2.16. The van der Waals surface area contributed by atoms with Gasteiger partial charge in [0.1, 0.15) is 24.8 Å². The molecule has 27 heavy (non-hydrogen) atoms. The molecule has 3 N–H and O–H groups in total. The van der Waals surface area contributed by atoms with E-state index in [1.165, 1.54) is 18.6 Å². The molecule has 1 saturated heterocycles. The Labute approximate surface area is 160 Å². The minimum Gasteiger partial charge on any atom is -0.489 e. The zero-order chi connectivity index (χ0) is 20.1. The fourth-order valence-electron chi connectivity index (χ4n) is 2.31. The lowest BCUT2D eigenvalue weighted by atomic mass is 10.0. The summed E-state index contributed by atoms with van der Waals surface area (Å²) in [7, 11) is 0. The second-order valence-electron chi connectivity index (χ2n) is 5.97. The zero-order valence-corrected chi connectivity index (χ0v) is 15.8. The van der Waals surface area contributed by atoms with E-state index in [2.05, 4.69) is 30.1 Å². The Bertz CT molecular complexity index is 610. The number of nitrogens with one attached hydrogen (secondary N) is 1. The number of hydrogen-bond donors (Lipinski definition) is 2. The number of carbonyl (C=O) groups is 1. The third kappa shape index (κ3) is 9.21. The number of halogens is 1. The molecule has 0 bridgehead atoms. The summed E-state index contributed by atoms with van der Waals surface area (Å²) in [4.78, 5) is 10.8. The van der Waals surface area contributed by atoms with Crippen LogP contribution in [0.2, 0.25) is 0 Å². The van der Waals surface area contributed by atoms with Crippen molar-refractivity contribution in [1.29, 1.82) is 0 Å². The minimum absolute atomic E-state index is 0.120. The average Bonchev–Trinajstić information content (AvgIpc) is 3.07. The van der Waals surface area contributed by atoms with E-state index < -0.39 is 24.1 Å². The van der Waals surface area contributed by atoms with Crippen LogP contribution in [0.1, 0.15) is 18.9 Å². The van der Waals surface area contributed by atoms with Gasteiger partial charge in [0.2, 0.25) is 0 Å². The highest BCUT2D eigenvalue weighted by Gasteiger charge is 2.30. The number of nitrogens with two attached hydrogens (primary N) is 1. The summed E-state index contributed by atoms with van der Waals surface area (Å²) in [6.07, 6.45) is 3.77. The van der Waals surface area contributed by atoms with Crippen molar-refractivity contribution in [1.82, 2.24) is 5.32 Å². The standard InChI is InChI=1S/C14H16FNO4.C6H13N/c1-2-3-18-11-5-9(4-10(15)7-11)6-12(16)13-8-19-14(17)20-13;1-3-5-7-6-4-2/h2,4-5,7,12-13H,1,3,6,8,16H2;3,7H,1,4-6H2,2H3. The molecule has 7 heteroatoms. The SMILES string of the molecule is C=CCNCCC.C=CCOc1cc(F)cc(CC(N)C2COC(=O)O2)c1. The van der Waals surface area contributed by atoms with Crippen LogP contribution in [0.3, 0.4) is 0 Å². The summed E-state index contributed by atoms with van der Waals surface area (Å²) in [5, 5.41) is 3.17. The Morgan fingerprint density at radius 3 is 2.78 bits per heavy atom. The third-order valence-electron chi connectivity index (χ3n) is 3.58. The molecule has 0 saturated carbocycles. The molecule has 0 aromatic heterocycles. The summed E-state index contributed by atoms with van der Waals surface area (Å²) in [6.45, 7) is 11.7. The van der Waals surface area contributed by atoms with Gasteiger partial charge in [-0.05, 0) is 37.1 Å². The van der Waals surface area contributed by atoms with Crippen molar-refractivity contribution in [3.05, 3.63) is 54.9 Å². The van der Waals surface area contributed by atoms with E-state index in [1.54, 1.807) is 12.1 Å². The summed E-state index contributed by atoms with van der Waals surface area (Å²) in [6, 6.07) is 3.90. The molecule has 1 aliphatic rings. The molecule has 2 atom stereocenters. The van der Waals surface area contributed by atoms with Crippen molar-refractivity contribution in [2.24, 2.45) is 5.73 Å². The maximum atomic E-state index is 13.5. The van der Waals surface area contributed by atoms with Crippen molar-refractivity contribution in [3.8, 4) is 5.75 Å². The molecule has 1 aromatic rings. The van der Waals surface area contributed by atoms with Crippen molar-refractivity contribution in [3.63, 3.8) is 0 Å². The molecular formula is C20H29FN2O4. The molecule has 0 radical (unpaired) electrons. The van der Waals surface area contributed by atoms with Crippen LogP contribution in [0.4, 0.5) is 9.18 Å².